The minimum atomic E-state index is -0.413. The van der Waals surface area contributed by atoms with E-state index < -0.39 is 5.91 Å². The van der Waals surface area contributed by atoms with Crippen molar-refractivity contribution in [2.75, 3.05) is 23.3 Å². The van der Waals surface area contributed by atoms with Crippen LogP contribution in [0.15, 0.2) is 71.9 Å². The molecule has 0 aliphatic carbocycles. The van der Waals surface area contributed by atoms with Crippen LogP contribution in [0.3, 0.4) is 0 Å². The lowest BCUT2D eigenvalue weighted by molar-refractivity contribution is 0.102. The molecular formula is C23H24N4O2. The largest absolute Gasteiger partial charge is 0.370 e. The number of aromatic nitrogens is 2. The van der Waals surface area contributed by atoms with Crippen molar-refractivity contribution < 1.29 is 4.79 Å². The van der Waals surface area contributed by atoms with E-state index >= 15 is 0 Å². The lowest BCUT2D eigenvalue weighted by Gasteiger charge is -2.30. The quantitative estimate of drug-likeness (QED) is 0.726. The molecule has 6 heteroatoms. The first-order chi connectivity index (χ1) is 14.2. The monoisotopic (exact) mass is 388 g/mol. The molecule has 0 bridgehead atoms. The molecule has 1 aliphatic rings. The molecule has 0 saturated carbocycles. The van der Waals surface area contributed by atoms with E-state index in [0.717, 1.165) is 37.2 Å². The Morgan fingerprint density at radius 1 is 1.00 bits per heavy atom. The van der Waals surface area contributed by atoms with Gasteiger partial charge in [-0.15, -0.1) is 0 Å². The number of nitrogens with zero attached hydrogens (tertiary/aromatic N) is 3. The first kappa shape index (κ1) is 18.9. The van der Waals surface area contributed by atoms with Crippen LogP contribution in [0.5, 0.6) is 0 Å². The number of piperidine rings is 1. The van der Waals surface area contributed by atoms with E-state index in [9.17, 15) is 9.59 Å². The second kappa shape index (κ2) is 8.73. The van der Waals surface area contributed by atoms with Crippen LogP contribution in [0.4, 0.5) is 11.4 Å². The van der Waals surface area contributed by atoms with Gasteiger partial charge in [0.1, 0.15) is 5.56 Å². The highest BCUT2D eigenvalue weighted by molar-refractivity contribution is 6.05. The fourth-order valence-electron chi connectivity index (χ4n) is 3.70. The molecule has 148 valence electrons. The number of nitrogens with one attached hydrogen (secondary N) is 1. The first-order valence-electron chi connectivity index (χ1n) is 9.96. The second-order valence-corrected chi connectivity index (χ2v) is 7.24. The van der Waals surface area contributed by atoms with E-state index in [-0.39, 0.29) is 11.1 Å². The van der Waals surface area contributed by atoms with Crippen molar-refractivity contribution in [1.29, 1.82) is 0 Å². The van der Waals surface area contributed by atoms with Crippen molar-refractivity contribution in [2.24, 2.45) is 0 Å². The van der Waals surface area contributed by atoms with E-state index in [4.69, 9.17) is 0 Å². The molecule has 1 fully saturated rings. The van der Waals surface area contributed by atoms with E-state index in [2.05, 4.69) is 15.2 Å². The average molecular weight is 388 g/mol. The number of amides is 1. The molecular weight excluding hydrogens is 364 g/mol. The smallest absolute Gasteiger partial charge is 0.263 e. The topological polar surface area (TPSA) is 67.2 Å². The van der Waals surface area contributed by atoms with Gasteiger partial charge in [-0.3, -0.25) is 14.6 Å². The zero-order chi connectivity index (χ0) is 20.1. The molecule has 1 saturated heterocycles. The maximum absolute atomic E-state index is 12.9. The van der Waals surface area contributed by atoms with Gasteiger partial charge in [0, 0.05) is 25.5 Å². The zero-order valence-corrected chi connectivity index (χ0v) is 16.3. The molecule has 3 aromatic rings. The van der Waals surface area contributed by atoms with Crippen molar-refractivity contribution >= 4 is 17.3 Å². The van der Waals surface area contributed by atoms with E-state index in [1.807, 2.05) is 36.4 Å². The molecule has 0 radical (unpaired) electrons. The predicted molar refractivity (Wildman–Crippen MR) is 115 cm³/mol. The van der Waals surface area contributed by atoms with Gasteiger partial charge in [-0.2, -0.15) is 0 Å². The van der Waals surface area contributed by atoms with Crippen LogP contribution in [0, 0.1) is 0 Å². The van der Waals surface area contributed by atoms with Crippen LogP contribution < -0.4 is 15.8 Å². The third-order valence-electron chi connectivity index (χ3n) is 5.20. The molecule has 3 heterocycles. The molecule has 1 N–H and O–H groups in total. The lowest BCUT2D eigenvalue weighted by atomic mass is 10.1. The summed E-state index contributed by atoms with van der Waals surface area (Å²) < 4.78 is 1.55. The highest BCUT2D eigenvalue weighted by atomic mass is 16.2. The Bertz CT molecular complexity index is 1040. The van der Waals surface area contributed by atoms with Gasteiger partial charge in [-0.1, -0.05) is 30.3 Å². The number of carbonyl (C=O) groups excluding carboxylic acids is 1. The van der Waals surface area contributed by atoms with E-state index in [0.29, 0.717) is 12.2 Å². The first-order valence-corrected chi connectivity index (χ1v) is 9.96. The lowest BCUT2D eigenvalue weighted by Crippen LogP contribution is -2.32. The predicted octanol–water partition coefficient (Wildman–Crippen LogP) is 3.53. The Morgan fingerprint density at radius 2 is 1.79 bits per heavy atom. The van der Waals surface area contributed by atoms with Gasteiger partial charge in [0.15, 0.2) is 0 Å². The van der Waals surface area contributed by atoms with Gasteiger partial charge in [0.25, 0.3) is 11.5 Å². The average Bonchev–Trinajstić information content (AvgIpc) is 2.77. The second-order valence-electron chi connectivity index (χ2n) is 7.24. The molecule has 1 amide bonds. The molecule has 1 aromatic carbocycles. The summed E-state index contributed by atoms with van der Waals surface area (Å²) in [5.74, 6) is -0.413. The summed E-state index contributed by atoms with van der Waals surface area (Å²) in [7, 11) is 0. The number of benzene rings is 1. The Kier molecular flexibility index (Phi) is 5.70. The molecule has 29 heavy (non-hydrogen) atoms. The van der Waals surface area contributed by atoms with Gasteiger partial charge in [0.05, 0.1) is 24.1 Å². The maximum Gasteiger partial charge on any atom is 0.263 e. The van der Waals surface area contributed by atoms with Gasteiger partial charge < -0.3 is 14.8 Å². The number of pyridine rings is 2. The summed E-state index contributed by atoms with van der Waals surface area (Å²) in [6.07, 6.45) is 8.59. The number of rotatable bonds is 5. The van der Waals surface area contributed by atoms with Crippen LogP contribution in [-0.2, 0) is 6.54 Å². The van der Waals surface area contributed by atoms with Gasteiger partial charge in [0.2, 0.25) is 0 Å². The van der Waals surface area contributed by atoms with Crippen molar-refractivity contribution in [3.05, 3.63) is 88.6 Å². The summed E-state index contributed by atoms with van der Waals surface area (Å²) >= 11 is 0. The number of hydrogen-bond donors (Lipinski definition) is 1. The van der Waals surface area contributed by atoms with E-state index in [1.165, 1.54) is 6.42 Å². The Hall–Kier alpha value is -3.41. The summed E-state index contributed by atoms with van der Waals surface area (Å²) in [5.41, 5.74) is 2.41. The maximum atomic E-state index is 12.9. The van der Waals surface area contributed by atoms with Crippen molar-refractivity contribution in [3.8, 4) is 0 Å². The van der Waals surface area contributed by atoms with Gasteiger partial charge >= 0.3 is 0 Å². The number of carbonyl (C=O) groups is 1. The molecule has 1 aliphatic heterocycles. The SMILES string of the molecule is O=C(Nc1cnccc1N1CCCCC1)c1cccn(Cc2ccccc2)c1=O. The molecule has 4 rings (SSSR count). The van der Waals surface area contributed by atoms with Crippen LogP contribution in [-0.4, -0.2) is 28.5 Å². The molecule has 0 atom stereocenters. The number of anilines is 2. The van der Waals surface area contributed by atoms with Gasteiger partial charge in [-0.25, -0.2) is 0 Å². The minimum absolute atomic E-state index is 0.122. The van der Waals surface area contributed by atoms with Gasteiger partial charge in [-0.05, 0) is 43.0 Å². The Balaban J connectivity index is 1.57. The van der Waals surface area contributed by atoms with Crippen molar-refractivity contribution in [2.45, 2.75) is 25.8 Å². The molecule has 2 aromatic heterocycles. The minimum Gasteiger partial charge on any atom is -0.370 e. The highest BCUT2D eigenvalue weighted by Crippen LogP contribution is 2.27. The van der Waals surface area contributed by atoms with Crippen LogP contribution >= 0.6 is 0 Å². The summed E-state index contributed by atoms with van der Waals surface area (Å²) in [5, 5.41) is 2.90. The zero-order valence-electron chi connectivity index (χ0n) is 16.3. The molecule has 6 nitrogen and oxygen atoms in total. The van der Waals surface area contributed by atoms with Crippen LogP contribution in [0.2, 0.25) is 0 Å². The number of hydrogen-bond acceptors (Lipinski definition) is 4. The summed E-state index contributed by atoms with van der Waals surface area (Å²) in [6, 6.07) is 14.9. The third kappa shape index (κ3) is 4.37. The summed E-state index contributed by atoms with van der Waals surface area (Å²) in [4.78, 5) is 32.2. The fourth-order valence-corrected chi connectivity index (χ4v) is 3.70. The normalized spacial score (nSPS) is 13.9. The van der Waals surface area contributed by atoms with Crippen molar-refractivity contribution in [1.82, 2.24) is 9.55 Å². The van der Waals surface area contributed by atoms with Crippen molar-refractivity contribution in [3.63, 3.8) is 0 Å². The summed E-state index contributed by atoms with van der Waals surface area (Å²) in [6.45, 7) is 2.34. The molecule has 0 unspecified atom stereocenters. The Morgan fingerprint density at radius 3 is 2.59 bits per heavy atom. The van der Waals surface area contributed by atoms with E-state index in [1.54, 1.807) is 35.3 Å². The standard InChI is InChI=1S/C23H24N4O2/c28-22(25-20-16-24-12-11-21(20)26-13-5-2-6-14-26)19-10-7-15-27(23(19)29)17-18-8-3-1-4-9-18/h1,3-4,7-12,15-16H,2,5-6,13-14,17H2,(H,25,28). The fraction of sp³-hybridized carbons (Fsp3) is 0.261. The highest BCUT2D eigenvalue weighted by Gasteiger charge is 2.18. The Labute approximate surface area is 169 Å². The van der Waals surface area contributed by atoms with Crippen LogP contribution in [0.1, 0.15) is 35.2 Å². The third-order valence-corrected chi connectivity index (χ3v) is 5.20. The molecule has 0 spiro atoms. The van der Waals surface area contributed by atoms with Crippen LogP contribution in [0.25, 0.3) is 0 Å².